The van der Waals surface area contributed by atoms with Gasteiger partial charge in [0.2, 0.25) is 5.91 Å². The van der Waals surface area contributed by atoms with Gasteiger partial charge in [-0.25, -0.2) is 0 Å². The number of rotatable bonds is 7. The number of carbonyl (C=O) groups is 1. The van der Waals surface area contributed by atoms with Gasteiger partial charge in [0.25, 0.3) is 0 Å². The average Bonchev–Trinajstić information content (AvgIpc) is 2.29. The van der Waals surface area contributed by atoms with Crippen molar-refractivity contribution < 1.29 is 14.3 Å². The molecule has 0 fully saturated rings. The molecule has 3 N–H and O–H groups in total. The molecule has 0 bridgehead atoms. The fraction of sp³-hybridized carbons (Fsp3) is 0.462. The zero-order valence-electron chi connectivity index (χ0n) is 11.0. The second-order valence-corrected chi connectivity index (χ2v) is 4.22. The molecule has 100 valence electrons. The maximum atomic E-state index is 10.6. The Balaban J connectivity index is 2.69. The van der Waals surface area contributed by atoms with Crippen LogP contribution >= 0.6 is 0 Å². The minimum absolute atomic E-state index is 0.0951. The van der Waals surface area contributed by atoms with Crippen molar-refractivity contribution in [1.82, 2.24) is 5.32 Å². The van der Waals surface area contributed by atoms with Crippen molar-refractivity contribution in [3.63, 3.8) is 0 Å². The summed E-state index contributed by atoms with van der Waals surface area (Å²) in [6.45, 7) is 4.64. The molecule has 1 amide bonds. The van der Waals surface area contributed by atoms with Gasteiger partial charge in [-0.15, -0.1) is 0 Å². The molecule has 0 aliphatic rings. The molecule has 0 aliphatic carbocycles. The Morgan fingerprint density at radius 1 is 1.39 bits per heavy atom. The van der Waals surface area contributed by atoms with Crippen LogP contribution in [0.3, 0.4) is 0 Å². The maximum Gasteiger partial charge on any atom is 0.231 e. The first-order valence-corrected chi connectivity index (χ1v) is 5.85. The van der Waals surface area contributed by atoms with Gasteiger partial charge in [-0.3, -0.25) is 4.79 Å². The van der Waals surface area contributed by atoms with E-state index >= 15 is 0 Å². The molecule has 0 saturated carbocycles. The minimum atomic E-state index is -0.373. The predicted molar refractivity (Wildman–Crippen MR) is 69.7 cm³/mol. The molecule has 5 heteroatoms. The van der Waals surface area contributed by atoms with Crippen molar-refractivity contribution >= 4 is 5.91 Å². The van der Waals surface area contributed by atoms with Crippen LogP contribution in [0.15, 0.2) is 18.2 Å². The highest BCUT2D eigenvalue weighted by Crippen LogP contribution is 2.28. The lowest BCUT2D eigenvalue weighted by Gasteiger charge is -2.14. The van der Waals surface area contributed by atoms with Gasteiger partial charge in [-0.1, -0.05) is 6.07 Å². The van der Waals surface area contributed by atoms with E-state index in [1.807, 2.05) is 32.0 Å². The average molecular weight is 252 g/mol. The van der Waals surface area contributed by atoms with Crippen LogP contribution in [0.2, 0.25) is 0 Å². The summed E-state index contributed by atoms with van der Waals surface area (Å²) in [7, 11) is 1.60. The van der Waals surface area contributed by atoms with E-state index in [1.54, 1.807) is 7.11 Å². The van der Waals surface area contributed by atoms with Crippen molar-refractivity contribution in [2.75, 3.05) is 13.7 Å². The second-order valence-electron chi connectivity index (χ2n) is 4.22. The monoisotopic (exact) mass is 252 g/mol. The van der Waals surface area contributed by atoms with Crippen LogP contribution in [0.5, 0.6) is 11.5 Å². The summed E-state index contributed by atoms with van der Waals surface area (Å²) in [5, 5.41) is 2.94. The van der Waals surface area contributed by atoms with E-state index in [9.17, 15) is 4.79 Å². The van der Waals surface area contributed by atoms with Crippen LogP contribution in [0, 0.1) is 0 Å². The normalized spacial score (nSPS) is 10.4. The smallest absolute Gasteiger partial charge is 0.231 e. The standard InChI is InChI=1S/C13H20N2O3/c1-9(2)18-11-5-4-10(6-12(11)17-3)7-15-8-13(14)16/h4-6,9,15H,7-8H2,1-3H3,(H2,14,16). The van der Waals surface area contributed by atoms with Crippen molar-refractivity contribution in [3.8, 4) is 11.5 Å². The minimum Gasteiger partial charge on any atom is -0.493 e. The van der Waals surface area contributed by atoms with E-state index < -0.39 is 0 Å². The third-order valence-electron chi connectivity index (χ3n) is 2.22. The molecular weight excluding hydrogens is 232 g/mol. The second kappa shape index (κ2) is 6.86. The Morgan fingerprint density at radius 3 is 2.67 bits per heavy atom. The van der Waals surface area contributed by atoms with Gasteiger partial charge in [0, 0.05) is 6.54 Å². The first-order valence-electron chi connectivity index (χ1n) is 5.85. The number of benzene rings is 1. The van der Waals surface area contributed by atoms with E-state index in [0.29, 0.717) is 18.0 Å². The summed E-state index contributed by atoms with van der Waals surface area (Å²) in [4.78, 5) is 10.6. The molecule has 0 saturated heterocycles. The van der Waals surface area contributed by atoms with Crippen molar-refractivity contribution in [2.45, 2.75) is 26.5 Å². The molecule has 0 radical (unpaired) electrons. The Kier molecular flexibility index (Phi) is 5.45. The first-order chi connectivity index (χ1) is 8.52. The summed E-state index contributed by atoms with van der Waals surface area (Å²) in [6.07, 6.45) is 0.0951. The molecule has 0 heterocycles. The molecule has 0 aliphatic heterocycles. The lowest BCUT2D eigenvalue weighted by atomic mass is 10.2. The molecule has 1 aromatic rings. The summed E-state index contributed by atoms with van der Waals surface area (Å²) in [5.74, 6) is 1.02. The van der Waals surface area contributed by atoms with E-state index in [1.165, 1.54) is 0 Å². The summed E-state index contributed by atoms with van der Waals surface area (Å²) in [5.41, 5.74) is 6.05. The summed E-state index contributed by atoms with van der Waals surface area (Å²) >= 11 is 0. The van der Waals surface area contributed by atoms with Gasteiger partial charge in [0.05, 0.1) is 19.8 Å². The Morgan fingerprint density at radius 2 is 2.11 bits per heavy atom. The van der Waals surface area contributed by atoms with E-state index in [0.717, 1.165) is 5.56 Å². The van der Waals surface area contributed by atoms with Crippen LogP contribution < -0.4 is 20.5 Å². The van der Waals surface area contributed by atoms with Gasteiger partial charge < -0.3 is 20.5 Å². The third-order valence-corrected chi connectivity index (χ3v) is 2.22. The number of hydrogen-bond acceptors (Lipinski definition) is 4. The van der Waals surface area contributed by atoms with Crippen molar-refractivity contribution in [1.29, 1.82) is 0 Å². The van der Waals surface area contributed by atoms with E-state index in [2.05, 4.69) is 5.32 Å². The summed E-state index contributed by atoms with van der Waals surface area (Å²) < 4.78 is 10.9. The molecule has 0 atom stereocenters. The highest BCUT2D eigenvalue weighted by atomic mass is 16.5. The number of amides is 1. The molecule has 18 heavy (non-hydrogen) atoms. The highest BCUT2D eigenvalue weighted by molar-refractivity contribution is 5.75. The number of hydrogen-bond donors (Lipinski definition) is 2. The number of ether oxygens (including phenoxy) is 2. The largest absolute Gasteiger partial charge is 0.493 e. The molecule has 0 unspecified atom stereocenters. The van der Waals surface area contributed by atoms with E-state index in [4.69, 9.17) is 15.2 Å². The molecule has 1 aromatic carbocycles. The fourth-order valence-electron chi connectivity index (χ4n) is 1.50. The van der Waals surface area contributed by atoms with Gasteiger partial charge in [0.1, 0.15) is 0 Å². The fourth-order valence-corrected chi connectivity index (χ4v) is 1.50. The molecule has 0 aromatic heterocycles. The number of nitrogens with two attached hydrogens (primary N) is 1. The van der Waals surface area contributed by atoms with Gasteiger partial charge >= 0.3 is 0 Å². The predicted octanol–water partition coefficient (Wildman–Crippen LogP) is 1.06. The molecule has 1 rings (SSSR count). The quantitative estimate of drug-likeness (QED) is 0.761. The Bertz CT molecular complexity index is 405. The van der Waals surface area contributed by atoms with Crippen LogP contribution in [-0.4, -0.2) is 25.7 Å². The number of carbonyl (C=O) groups excluding carboxylic acids is 1. The zero-order chi connectivity index (χ0) is 13.5. The Hall–Kier alpha value is -1.75. The van der Waals surface area contributed by atoms with Gasteiger partial charge in [0.15, 0.2) is 11.5 Å². The highest BCUT2D eigenvalue weighted by Gasteiger charge is 2.07. The van der Waals surface area contributed by atoms with Crippen LogP contribution in [0.4, 0.5) is 0 Å². The lowest BCUT2D eigenvalue weighted by Crippen LogP contribution is -2.28. The number of nitrogens with one attached hydrogen (secondary N) is 1. The third kappa shape index (κ3) is 4.63. The van der Waals surface area contributed by atoms with Crippen LogP contribution in [-0.2, 0) is 11.3 Å². The van der Waals surface area contributed by atoms with Gasteiger partial charge in [-0.05, 0) is 31.5 Å². The van der Waals surface area contributed by atoms with Crippen molar-refractivity contribution in [2.24, 2.45) is 5.73 Å². The molecular formula is C13H20N2O3. The lowest BCUT2D eigenvalue weighted by molar-refractivity contribution is -0.117. The van der Waals surface area contributed by atoms with Gasteiger partial charge in [-0.2, -0.15) is 0 Å². The Labute approximate surface area is 107 Å². The molecule has 0 spiro atoms. The SMILES string of the molecule is COc1cc(CNCC(N)=O)ccc1OC(C)C. The molecule has 5 nitrogen and oxygen atoms in total. The number of primary amides is 1. The van der Waals surface area contributed by atoms with E-state index in [-0.39, 0.29) is 18.6 Å². The van der Waals surface area contributed by atoms with Crippen LogP contribution in [0.25, 0.3) is 0 Å². The topological polar surface area (TPSA) is 73.6 Å². The summed E-state index contributed by atoms with van der Waals surface area (Å²) in [6, 6.07) is 5.67. The maximum absolute atomic E-state index is 10.6. The van der Waals surface area contributed by atoms with Crippen LogP contribution in [0.1, 0.15) is 19.4 Å². The van der Waals surface area contributed by atoms with Crippen molar-refractivity contribution in [3.05, 3.63) is 23.8 Å². The first kappa shape index (κ1) is 14.3. The number of methoxy groups -OCH3 is 1. The zero-order valence-corrected chi connectivity index (χ0v) is 11.0.